The molecule has 63 heavy (non-hydrogen) atoms. The van der Waals surface area contributed by atoms with E-state index in [1.165, 1.54) is 12.5 Å². The average molecular weight is 915 g/mol. The van der Waals surface area contributed by atoms with Gasteiger partial charge in [-0.05, 0) is 119 Å². The standard InChI is InChI=1S/C24H18ClN3O3S.C24H17ClN2O3S/c1-27-22-14-26-21-12-5-16(15-3-6-17(25)7-4-15)13-20(21)23(22)28(24(27)29)18-8-10-19(11-9-18)32(2,30)31;1-31(29,30)20-9-7-19(8-10-20)27-23(28)13-17-14-26-22-11-4-16(12-21(22)24(17)27)15-2-5-18(25)6-3-15/h3-14H,1-2H3;2-12,14H,13H2,1H3/p+2. The molecule has 314 valence electrons. The summed E-state index contributed by atoms with van der Waals surface area (Å²) >= 11 is 12.1. The van der Waals surface area contributed by atoms with Crippen molar-refractivity contribution in [2.24, 2.45) is 7.05 Å². The number of hydrogen-bond donors (Lipinski definition) is 2. The summed E-state index contributed by atoms with van der Waals surface area (Å²) in [6, 6.07) is 40.2. The number of imidazole rings is 1. The highest BCUT2D eigenvalue weighted by Gasteiger charge is 2.32. The molecule has 11 nitrogen and oxygen atoms in total. The van der Waals surface area contributed by atoms with Gasteiger partial charge in [-0.25, -0.2) is 4.79 Å². The van der Waals surface area contributed by atoms with E-state index >= 15 is 0 Å². The number of halogens is 2. The number of amides is 1. The van der Waals surface area contributed by atoms with Gasteiger partial charge in [0.1, 0.15) is 12.5 Å². The molecule has 2 N–H and O–H groups in total. The minimum atomic E-state index is -3.09. The molecule has 3 aromatic heterocycles. The van der Waals surface area contributed by atoms with Crippen molar-refractivity contribution >= 4 is 93.8 Å². The molecule has 0 saturated heterocycles. The van der Waals surface area contributed by atoms with Gasteiger partial charge in [0, 0.05) is 45.3 Å². The van der Waals surface area contributed by atoms with E-state index in [9.17, 15) is 27.1 Å². The summed E-state index contributed by atoms with van der Waals surface area (Å²) in [6.45, 7) is 0. The highest BCUT2D eigenvalue weighted by Crippen LogP contribution is 2.42. The van der Waals surface area contributed by atoms with Crippen LogP contribution in [0.15, 0.2) is 160 Å². The van der Waals surface area contributed by atoms with Crippen LogP contribution in [-0.2, 0) is 47.1 Å². The molecule has 1 amide bonds. The predicted octanol–water partition coefficient (Wildman–Crippen LogP) is 10.9. The fourth-order valence-electron chi connectivity index (χ4n) is 7.83. The van der Waals surface area contributed by atoms with Crippen LogP contribution in [0.2, 0.25) is 10.0 Å². The summed E-state index contributed by atoms with van der Waals surface area (Å²) in [5.74, 6) is -0.0600. The molecular weight excluding hydrogens is 878 g/mol. The number of aromatic nitrogens is 4. The third kappa shape index (κ3) is 7.99. The van der Waals surface area contributed by atoms with E-state index in [1.807, 2.05) is 84.9 Å². The highest BCUT2D eigenvalue weighted by molar-refractivity contribution is 7.97. The topological polar surface area (TPSA) is 148 Å². The number of carbonyl (C=O) groups excluding carboxylic acids is 1. The molecule has 1 aliphatic rings. The van der Waals surface area contributed by atoms with Crippen LogP contribution < -0.4 is 10.6 Å². The molecule has 0 saturated carbocycles. The first-order valence-corrected chi connectivity index (χ1v) is 24.1. The summed E-state index contributed by atoms with van der Waals surface area (Å²) in [6.07, 6.45) is 6.24. The zero-order valence-corrected chi connectivity index (χ0v) is 37.0. The van der Waals surface area contributed by atoms with Crippen LogP contribution in [0.5, 0.6) is 0 Å². The van der Waals surface area contributed by atoms with Crippen LogP contribution in [0.3, 0.4) is 0 Å². The van der Waals surface area contributed by atoms with Gasteiger partial charge >= 0.3 is 5.69 Å². The summed E-state index contributed by atoms with van der Waals surface area (Å²) < 4.78 is 46.6. The van der Waals surface area contributed by atoms with Gasteiger partial charge in [-0.2, -0.15) is 9.11 Å². The van der Waals surface area contributed by atoms with E-state index in [4.69, 9.17) is 23.2 Å². The third-order valence-corrected chi connectivity index (χ3v) is 13.8. The van der Waals surface area contributed by atoms with Crippen LogP contribution in [0.1, 0.15) is 5.56 Å². The molecule has 0 radical (unpaired) electrons. The lowest BCUT2D eigenvalue weighted by molar-refractivity contribution is -0.116. The Balaban J connectivity index is 0.000000160. The van der Waals surface area contributed by atoms with Crippen molar-refractivity contribution in [3.05, 3.63) is 172 Å². The largest absolute Gasteiger partial charge is 0.333 e. The van der Waals surface area contributed by atoms with E-state index in [1.54, 1.807) is 82.0 Å². The summed E-state index contributed by atoms with van der Waals surface area (Å²) in [5.41, 5.74) is 9.68. The quantitative estimate of drug-likeness (QED) is 0.157. The van der Waals surface area contributed by atoms with Crippen molar-refractivity contribution in [3.8, 4) is 27.9 Å². The Kier molecular flexibility index (Phi) is 10.7. The predicted molar refractivity (Wildman–Crippen MR) is 253 cm³/mol. The van der Waals surface area contributed by atoms with Crippen molar-refractivity contribution in [1.29, 1.82) is 0 Å². The third-order valence-electron chi connectivity index (χ3n) is 11.0. The van der Waals surface area contributed by atoms with Crippen LogP contribution >= 0.6 is 23.2 Å². The fraction of sp³-hybridized carbons (Fsp3) is 0.0833. The van der Waals surface area contributed by atoms with Gasteiger partial charge in [0.15, 0.2) is 9.79 Å². The maximum Gasteiger partial charge on any atom is 0.333 e. The summed E-state index contributed by atoms with van der Waals surface area (Å²) in [4.78, 5) is 37.5. The minimum absolute atomic E-state index is 0.0600. The van der Waals surface area contributed by atoms with Crippen LogP contribution in [0.4, 0.5) is 11.4 Å². The van der Waals surface area contributed by atoms with Crippen LogP contribution in [0, 0.1) is 0 Å². The molecule has 2 atom stereocenters. The molecule has 0 spiro atoms. The van der Waals surface area contributed by atoms with Gasteiger partial charge < -0.3 is 0 Å². The number of aryl methyl sites for hydroxylation is 1. The lowest BCUT2D eigenvalue weighted by Gasteiger charge is -2.19. The average Bonchev–Trinajstić information content (AvgIpc) is 3.75. The van der Waals surface area contributed by atoms with Gasteiger partial charge in [-0.15, -0.1) is 0 Å². The van der Waals surface area contributed by atoms with Gasteiger partial charge in [0.05, 0.1) is 46.1 Å². The number of nitrogens with zero attached hydrogens (tertiary/aromatic N) is 5. The number of carbonyl (C=O) groups is 1. The minimum Gasteiger partial charge on any atom is -0.293 e. The van der Waals surface area contributed by atoms with Gasteiger partial charge in [0.2, 0.25) is 26.3 Å². The molecule has 2 unspecified atom stereocenters. The Morgan fingerprint density at radius 2 is 1.05 bits per heavy atom. The lowest BCUT2D eigenvalue weighted by atomic mass is 10.0. The lowest BCUT2D eigenvalue weighted by Crippen LogP contribution is -2.21. The van der Waals surface area contributed by atoms with E-state index in [-0.39, 0.29) is 18.0 Å². The van der Waals surface area contributed by atoms with Crippen molar-refractivity contribution < 1.29 is 22.3 Å². The Morgan fingerprint density at radius 1 is 0.587 bits per heavy atom. The van der Waals surface area contributed by atoms with Gasteiger partial charge in [0.25, 0.3) is 0 Å². The van der Waals surface area contributed by atoms with Crippen molar-refractivity contribution in [2.45, 2.75) is 16.2 Å². The molecule has 0 bridgehead atoms. The maximum absolute atomic E-state index is 13.2. The first-order chi connectivity index (χ1) is 30.0. The second kappa shape index (κ2) is 16.1. The smallest absolute Gasteiger partial charge is 0.293 e. The second-order valence-corrected chi connectivity index (χ2v) is 20.3. The Morgan fingerprint density at radius 3 is 1.57 bits per heavy atom. The number of anilines is 2. The van der Waals surface area contributed by atoms with E-state index in [0.29, 0.717) is 36.7 Å². The van der Waals surface area contributed by atoms with E-state index < -0.39 is 20.4 Å². The Hall–Kier alpha value is -6.32. The first kappa shape index (κ1) is 42.0. The first-order valence-electron chi connectivity index (χ1n) is 19.5. The molecule has 4 heterocycles. The summed E-state index contributed by atoms with van der Waals surface area (Å²) in [5, 5.41) is 3.04. The zero-order chi connectivity index (χ0) is 44.4. The van der Waals surface area contributed by atoms with Gasteiger partial charge in [-0.1, -0.05) is 68.0 Å². The Labute approximate surface area is 373 Å². The molecule has 10 rings (SSSR count). The molecule has 9 aromatic rings. The normalized spacial score (nSPS) is 14.3. The molecule has 15 heteroatoms. The molecular formula is C48H37Cl2N5O6S2+2. The van der Waals surface area contributed by atoms with E-state index in [0.717, 1.165) is 60.8 Å². The molecule has 0 aliphatic carbocycles. The van der Waals surface area contributed by atoms with Gasteiger partial charge in [-0.3, -0.25) is 28.8 Å². The maximum atomic E-state index is 13.2. The number of pyridine rings is 2. The zero-order valence-electron chi connectivity index (χ0n) is 33.9. The monoisotopic (exact) mass is 913 g/mol. The number of fused-ring (bicyclic) bond motifs is 6. The Bertz CT molecular complexity index is 3440. The SMILES string of the molecule is C[S+](=O)(O)c1ccc(N2C(=O)Cc3cnc4ccc(-c5ccc(Cl)cc5)cc4c32)cc1.Cn1c(=O)n(-c2ccc([S+](C)(=O)O)cc2)c2c3cc(-c4ccc(Cl)cc4)ccc3ncc21. The number of rotatable bonds is 6. The molecule has 1 aliphatic heterocycles. The van der Waals surface area contributed by atoms with Crippen LogP contribution in [0.25, 0.3) is 60.8 Å². The molecule has 0 fully saturated rings. The van der Waals surface area contributed by atoms with Crippen molar-refractivity contribution in [1.82, 2.24) is 19.1 Å². The van der Waals surface area contributed by atoms with Crippen LogP contribution in [-0.4, -0.2) is 46.6 Å². The molecule has 6 aromatic carbocycles. The van der Waals surface area contributed by atoms with Crippen molar-refractivity contribution in [2.75, 3.05) is 17.4 Å². The number of hydrogen-bond acceptors (Lipinski definition) is 6. The highest BCUT2D eigenvalue weighted by atomic mass is 35.5. The number of benzene rings is 6. The second-order valence-electron chi connectivity index (χ2n) is 15.3. The summed E-state index contributed by atoms with van der Waals surface area (Å²) in [7, 11) is -4.44. The fourth-order valence-corrected chi connectivity index (χ4v) is 9.36. The van der Waals surface area contributed by atoms with Crippen molar-refractivity contribution in [3.63, 3.8) is 0 Å². The van der Waals surface area contributed by atoms with E-state index in [2.05, 4.69) is 9.97 Å².